The molecule has 0 heterocycles. The predicted octanol–water partition coefficient (Wildman–Crippen LogP) is 3.71. The fraction of sp³-hybridized carbons (Fsp3) is 0.588. The highest BCUT2D eigenvalue weighted by Crippen LogP contribution is 2.28. The number of aryl methyl sites for hydroxylation is 1. The summed E-state index contributed by atoms with van der Waals surface area (Å²) in [4.78, 5) is 15.5. The number of amides is 1. The van der Waals surface area contributed by atoms with Crippen LogP contribution >= 0.6 is 11.8 Å². The van der Waals surface area contributed by atoms with E-state index < -0.39 is 0 Å². The Morgan fingerprint density at radius 1 is 1.33 bits per heavy atom. The minimum Gasteiger partial charge on any atom is -0.399 e. The molecule has 0 spiro atoms. The molecule has 0 saturated heterocycles. The molecule has 1 aliphatic carbocycles. The molecule has 0 unspecified atom stereocenters. The molecule has 1 fully saturated rings. The van der Waals surface area contributed by atoms with Gasteiger partial charge < -0.3 is 10.6 Å². The van der Waals surface area contributed by atoms with E-state index in [-0.39, 0.29) is 5.91 Å². The van der Waals surface area contributed by atoms with Crippen molar-refractivity contribution in [2.45, 2.75) is 50.5 Å². The molecule has 2 rings (SSSR count). The number of nitrogen functional groups attached to an aromatic ring is 1. The van der Waals surface area contributed by atoms with Gasteiger partial charge in [-0.05, 0) is 62.3 Å². The van der Waals surface area contributed by atoms with Gasteiger partial charge in [-0.2, -0.15) is 0 Å². The van der Waals surface area contributed by atoms with E-state index >= 15 is 0 Å². The summed E-state index contributed by atoms with van der Waals surface area (Å²) in [6, 6.07) is 6.29. The Balaban J connectivity index is 1.86. The Hall–Kier alpha value is -1.16. The van der Waals surface area contributed by atoms with Gasteiger partial charge in [0, 0.05) is 23.7 Å². The maximum absolute atomic E-state index is 12.4. The molecule has 0 bridgehead atoms. The molecule has 4 heteroatoms. The van der Waals surface area contributed by atoms with Gasteiger partial charge in [0.2, 0.25) is 5.91 Å². The highest BCUT2D eigenvalue weighted by atomic mass is 32.2. The Morgan fingerprint density at radius 2 is 2.00 bits per heavy atom. The fourth-order valence-electron chi connectivity index (χ4n) is 2.91. The lowest BCUT2D eigenvalue weighted by Gasteiger charge is -2.33. The van der Waals surface area contributed by atoms with Crippen LogP contribution < -0.4 is 5.73 Å². The van der Waals surface area contributed by atoms with Crippen molar-refractivity contribution in [1.82, 2.24) is 4.90 Å². The average molecular weight is 306 g/mol. The van der Waals surface area contributed by atoms with Crippen molar-refractivity contribution in [1.29, 1.82) is 0 Å². The van der Waals surface area contributed by atoms with Crippen molar-refractivity contribution >= 4 is 23.4 Å². The highest BCUT2D eigenvalue weighted by Gasteiger charge is 2.24. The lowest BCUT2D eigenvalue weighted by atomic mass is 9.87. The number of thioether (sulfide) groups is 1. The Labute approximate surface area is 132 Å². The van der Waals surface area contributed by atoms with E-state index in [9.17, 15) is 4.79 Å². The summed E-state index contributed by atoms with van der Waals surface area (Å²) in [5, 5.41) is 0. The number of anilines is 1. The lowest BCUT2D eigenvalue weighted by Crippen LogP contribution is -2.40. The van der Waals surface area contributed by atoms with Gasteiger partial charge in [0.15, 0.2) is 0 Å². The second-order valence-corrected chi connectivity index (χ2v) is 7.25. The standard InChI is InChI=1S/C17H26N2OS/c1-12-4-7-15(8-5-12)19(3)17(20)11-21-16-9-6-14(18)10-13(16)2/h6,9-10,12,15H,4-5,7-8,11,18H2,1-3H3. The summed E-state index contributed by atoms with van der Waals surface area (Å²) in [7, 11) is 1.96. The highest BCUT2D eigenvalue weighted by molar-refractivity contribution is 8.00. The molecule has 3 nitrogen and oxygen atoms in total. The number of hydrogen-bond acceptors (Lipinski definition) is 3. The first-order chi connectivity index (χ1) is 9.97. The van der Waals surface area contributed by atoms with Crippen LogP contribution in [0.3, 0.4) is 0 Å². The second-order valence-electron chi connectivity index (χ2n) is 6.23. The van der Waals surface area contributed by atoms with E-state index in [2.05, 4.69) is 6.92 Å². The van der Waals surface area contributed by atoms with Crippen LogP contribution in [0.25, 0.3) is 0 Å². The number of carbonyl (C=O) groups is 1. The van der Waals surface area contributed by atoms with E-state index in [1.165, 1.54) is 12.8 Å². The lowest BCUT2D eigenvalue weighted by molar-refractivity contribution is -0.129. The van der Waals surface area contributed by atoms with Crippen LogP contribution in [0.2, 0.25) is 0 Å². The van der Waals surface area contributed by atoms with E-state index in [4.69, 9.17) is 5.73 Å². The zero-order chi connectivity index (χ0) is 15.4. The molecular formula is C17H26N2OS. The maximum atomic E-state index is 12.4. The van der Waals surface area contributed by atoms with E-state index in [0.717, 1.165) is 34.9 Å². The largest absolute Gasteiger partial charge is 0.399 e. The molecule has 1 amide bonds. The van der Waals surface area contributed by atoms with Crippen molar-refractivity contribution in [2.24, 2.45) is 5.92 Å². The monoisotopic (exact) mass is 306 g/mol. The van der Waals surface area contributed by atoms with Crippen LogP contribution in [0.5, 0.6) is 0 Å². The average Bonchev–Trinajstić information content (AvgIpc) is 2.46. The number of nitrogens with zero attached hydrogens (tertiary/aromatic N) is 1. The third-order valence-corrected chi connectivity index (χ3v) is 5.64. The van der Waals surface area contributed by atoms with Crippen LogP contribution in [0.15, 0.2) is 23.1 Å². The van der Waals surface area contributed by atoms with Crippen LogP contribution in [0.4, 0.5) is 5.69 Å². The Morgan fingerprint density at radius 3 is 2.62 bits per heavy atom. The van der Waals surface area contributed by atoms with Crippen molar-refractivity contribution in [3.8, 4) is 0 Å². The van der Waals surface area contributed by atoms with Gasteiger partial charge in [-0.25, -0.2) is 0 Å². The zero-order valence-corrected chi connectivity index (χ0v) is 14.1. The number of hydrogen-bond donors (Lipinski definition) is 1. The predicted molar refractivity (Wildman–Crippen MR) is 90.5 cm³/mol. The minimum absolute atomic E-state index is 0.232. The first-order valence-electron chi connectivity index (χ1n) is 7.72. The minimum atomic E-state index is 0.232. The van der Waals surface area contributed by atoms with Crippen LogP contribution in [0, 0.1) is 12.8 Å². The Bertz CT molecular complexity index is 496. The van der Waals surface area contributed by atoms with Gasteiger partial charge in [0.25, 0.3) is 0 Å². The second kappa shape index (κ2) is 7.21. The smallest absolute Gasteiger partial charge is 0.232 e. The van der Waals surface area contributed by atoms with Gasteiger partial charge in [0.05, 0.1) is 5.75 Å². The van der Waals surface area contributed by atoms with Gasteiger partial charge in [0.1, 0.15) is 0 Å². The van der Waals surface area contributed by atoms with Gasteiger partial charge >= 0.3 is 0 Å². The molecule has 0 aromatic heterocycles. The molecule has 0 radical (unpaired) electrons. The third-order valence-electron chi connectivity index (χ3n) is 4.48. The van der Waals surface area contributed by atoms with E-state index in [1.54, 1.807) is 11.8 Å². The van der Waals surface area contributed by atoms with Gasteiger partial charge in [-0.1, -0.05) is 6.92 Å². The number of benzene rings is 1. The first-order valence-corrected chi connectivity index (χ1v) is 8.70. The molecule has 1 aromatic rings. The molecule has 1 aromatic carbocycles. The maximum Gasteiger partial charge on any atom is 0.232 e. The molecule has 1 saturated carbocycles. The van der Waals surface area contributed by atoms with Gasteiger partial charge in [-0.15, -0.1) is 11.8 Å². The Kier molecular flexibility index (Phi) is 5.57. The molecule has 116 valence electrons. The number of rotatable bonds is 4. The molecule has 2 N–H and O–H groups in total. The van der Waals surface area contributed by atoms with Crippen LogP contribution in [-0.2, 0) is 4.79 Å². The number of carbonyl (C=O) groups excluding carboxylic acids is 1. The summed E-state index contributed by atoms with van der Waals surface area (Å²) < 4.78 is 0. The zero-order valence-electron chi connectivity index (χ0n) is 13.3. The summed E-state index contributed by atoms with van der Waals surface area (Å²) >= 11 is 1.61. The molecule has 0 aliphatic heterocycles. The first kappa shape index (κ1) is 16.2. The van der Waals surface area contributed by atoms with E-state index in [0.29, 0.717) is 11.8 Å². The number of nitrogens with two attached hydrogens (primary N) is 1. The van der Waals surface area contributed by atoms with E-state index in [1.807, 2.05) is 37.1 Å². The quantitative estimate of drug-likeness (QED) is 0.681. The SMILES string of the molecule is Cc1cc(N)ccc1SCC(=O)N(C)C1CCC(C)CC1. The van der Waals surface area contributed by atoms with Crippen LogP contribution in [0.1, 0.15) is 38.2 Å². The van der Waals surface area contributed by atoms with Crippen molar-refractivity contribution < 1.29 is 4.79 Å². The van der Waals surface area contributed by atoms with Crippen molar-refractivity contribution in [3.63, 3.8) is 0 Å². The summed E-state index contributed by atoms with van der Waals surface area (Å²) in [5.74, 6) is 1.56. The van der Waals surface area contributed by atoms with Gasteiger partial charge in [-0.3, -0.25) is 4.79 Å². The summed E-state index contributed by atoms with van der Waals surface area (Å²) in [6.45, 7) is 4.34. The summed E-state index contributed by atoms with van der Waals surface area (Å²) in [6.07, 6.45) is 4.78. The van der Waals surface area contributed by atoms with Crippen LogP contribution in [-0.4, -0.2) is 29.6 Å². The molecule has 1 aliphatic rings. The summed E-state index contributed by atoms with van der Waals surface area (Å²) in [5.41, 5.74) is 7.67. The third kappa shape index (κ3) is 4.40. The molecule has 0 atom stereocenters. The molecule has 21 heavy (non-hydrogen) atoms. The molecular weight excluding hydrogens is 280 g/mol. The topological polar surface area (TPSA) is 46.3 Å². The fourth-order valence-corrected chi connectivity index (χ4v) is 3.84. The van der Waals surface area contributed by atoms with Crippen molar-refractivity contribution in [3.05, 3.63) is 23.8 Å². The normalized spacial score (nSPS) is 22.0. The van der Waals surface area contributed by atoms with Crippen molar-refractivity contribution in [2.75, 3.05) is 18.5 Å².